The summed E-state index contributed by atoms with van der Waals surface area (Å²) in [5.74, 6) is -0.497. The van der Waals surface area contributed by atoms with Crippen molar-refractivity contribution in [3.05, 3.63) is 77.2 Å². The number of likely N-dealkylation sites (N-methyl/N-ethyl adjacent to an activating group) is 1. The number of nitrogens with one attached hydrogen (secondary N) is 1. The third-order valence-corrected chi connectivity index (χ3v) is 4.62. The molecule has 0 aliphatic carbocycles. The number of hydrogen-bond acceptors (Lipinski definition) is 2. The first-order chi connectivity index (χ1) is 12.4. The number of nitrogens with zero attached hydrogens (tertiary/aromatic N) is 2. The molecular formula is C20H20FN3OS. The molecule has 0 radical (unpaired) electrons. The average Bonchev–Trinajstić information content (AvgIpc) is 2.61. The van der Waals surface area contributed by atoms with Crippen molar-refractivity contribution in [2.45, 2.75) is 13.0 Å². The monoisotopic (exact) mass is 369 g/mol. The van der Waals surface area contributed by atoms with Gasteiger partial charge in [-0.1, -0.05) is 30.3 Å². The first-order valence-corrected chi connectivity index (χ1v) is 8.64. The van der Waals surface area contributed by atoms with E-state index in [4.69, 9.17) is 12.2 Å². The van der Waals surface area contributed by atoms with Gasteiger partial charge in [-0.25, -0.2) is 4.39 Å². The van der Waals surface area contributed by atoms with Crippen molar-refractivity contribution in [3.8, 4) is 0 Å². The van der Waals surface area contributed by atoms with Crippen molar-refractivity contribution < 1.29 is 9.18 Å². The molecule has 0 saturated heterocycles. The lowest BCUT2D eigenvalue weighted by Gasteiger charge is -2.38. The molecule has 2 aromatic carbocycles. The number of hydrogen-bond donors (Lipinski definition) is 1. The average molecular weight is 369 g/mol. The van der Waals surface area contributed by atoms with Crippen LogP contribution < -0.4 is 10.2 Å². The van der Waals surface area contributed by atoms with E-state index in [2.05, 4.69) is 5.32 Å². The Morgan fingerprint density at radius 2 is 1.85 bits per heavy atom. The predicted molar refractivity (Wildman–Crippen MR) is 105 cm³/mol. The quantitative estimate of drug-likeness (QED) is 0.839. The lowest BCUT2D eigenvalue weighted by molar-refractivity contribution is -0.125. The van der Waals surface area contributed by atoms with Gasteiger partial charge in [0.15, 0.2) is 5.11 Å². The van der Waals surface area contributed by atoms with Gasteiger partial charge in [-0.15, -0.1) is 0 Å². The van der Waals surface area contributed by atoms with E-state index >= 15 is 0 Å². The molecule has 4 nitrogen and oxygen atoms in total. The molecule has 1 heterocycles. The summed E-state index contributed by atoms with van der Waals surface area (Å²) in [6.07, 6.45) is 0. The van der Waals surface area contributed by atoms with Gasteiger partial charge in [-0.05, 0) is 49.0 Å². The zero-order chi connectivity index (χ0) is 18.8. The molecule has 0 unspecified atom stereocenters. The molecule has 0 fully saturated rings. The van der Waals surface area contributed by atoms with Crippen molar-refractivity contribution >= 4 is 28.9 Å². The van der Waals surface area contributed by atoms with Gasteiger partial charge in [0.25, 0.3) is 5.91 Å². The molecule has 6 heteroatoms. The maximum Gasteiger partial charge on any atom is 0.253 e. The van der Waals surface area contributed by atoms with Crippen LogP contribution in [0.25, 0.3) is 0 Å². The summed E-state index contributed by atoms with van der Waals surface area (Å²) < 4.78 is 13.8. The SMILES string of the molecule is CC1=C(C(=O)N(C)C)[C@H](c2cccc(F)c2)NC(=S)N1c1ccccc1. The number of thiocarbonyl (C=S) groups is 1. The lowest BCUT2D eigenvalue weighted by Crippen LogP contribution is -2.49. The number of benzene rings is 2. The van der Waals surface area contributed by atoms with Crippen LogP contribution >= 0.6 is 12.2 Å². The van der Waals surface area contributed by atoms with Crippen LogP contribution in [0.2, 0.25) is 0 Å². The molecule has 1 aliphatic heterocycles. The summed E-state index contributed by atoms with van der Waals surface area (Å²) in [5.41, 5.74) is 2.79. The molecule has 0 bridgehead atoms. The normalized spacial score (nSPS) is 17.2. The molecule has 2 aromatic rings. The van der Waals surface area contributed by atoms with Crippen molar-refractivity contribution in [2.75, 3.05) is 19.0 Å². The standard InChI is InChI=1S/C20H20FN3OS/c1-13-17(19(25)23(2)3)18(14-8-7-9-15(21)12-14)22-20(26)24(13)16-10-5-4-6-11-16/h4-12,18H,1-3H3,(H,22,26)/t18-/m0/s1. The maximum atomic E-state index is 13.8. The third-order valence-electron chi connectivity index (χ3n) is 4.32. The largest absolute Gasteiger partial charge is 0.351 e. The molecule has 134 valence electrons. The van der Waals surface area contributed by atoms with Gasteiger partial charge in [-0.2, -0.15) is 0 Å². The van der Waals surface area contributed by atoms with Gasteiger partial charge >= 0.3 is 0 Å². The highest BCUT2D eigenvalue weighted by Gasteiger charge is 2.35. The maximum absolute atomic E-state index is 13.8. The zero-order valence-corrected chi connectivity index (χ0v) is 15.7. The number of rotatable bonds is 3. The lowest BCUT2D eigenvalue weighted by atomic mass is 9.93. The molecule has 0 saturated carbocycles. The Hall–Kier alpha value is -2.73. The number of para-hydroxylation sites is 1. The second kappa shape index (κ2) is 7.25. The van der Waals surface area contributed by atoms with E-state index in [1.165, 1.54) is 17.0 Å². The summed E-state index contributed by atoms with van der Waals surface area (Å²) in [5, 5.41) is 3.68. The van der Waals surface area contributed by atoms with E-state index in [-0.39, 0.29) is 11.7 Å². The smallest absolute Gasteiger partial charge is 0.253 e. The zero-order valence-electron chi connectivity index (χ0n) is 14.9. The number of allylic oxidation sites excluding steroid dienone is 1. The summed E-state index contributed by atoms with van der Waals surface area (Å²) in [6.45, 7) is 1.86. The third kappa shape index (κ3) is 3.32. The fraction of sp³-hybridized carbons (Fsp3) is 0.200. The Labute approximate surface area is 157 Å². The Bertz CT molecular complexity index is 880. The van der Waals surface area contributed by atoms with E-state index < -0.39 is 6.04 Å². The van der Waals surface area contributed by atoms with Crippen LogP contribution in [0, 0.1) is 5.82 Å². The highest BCUT2D eigenvalue weighted by atomic mass is 32.1. The number of halogens is 1. The molecular weight excluding hydrogens is 349 g/mol. The molecule has 3 rings (SSSR count). The van der Waals surface area contributed by atoms with Crippen molar-refractivity contribution in [1.82, 2.24) is 10.2 Å². The Balaban J connectivity index is 2.17. The minimum Gasteiger partial charge on any atom is -0.351 e. The Kier molecular flexibility index (Phi) is 5.04. The fourth-order valence-corrected chi connectivity index (χ4v) is 3.45. The van der Waals surface area contributed by atoms with Gasteiger partial charge in [-0.3, -0.25) is 9.69 Å². The van der Waals surface area contributed by atoms with Crippen LogP contribution in [0.4, 0.5) is 10.1 Å². The number of amides is 1. The molecule has 1 amide bonds. The van der Waals surface area contributed by atoms with E-state index in [1.807, 2.05) is 42.2 Å². The molecule has 26 heavy (non-hydrogen) atoms. The minimum absolute atomic E-state index is 0.146. The summed E-state index contributed by atoms with van der Waals surface area (Å²) in [4.78, 5) is 16.3. The van der Waals surface area contributed by atoms with E-state index in [1.54, 1.807) is 26.2 Å². The van der Waals surface area contributed by atoms with Crippen LogP contribution in [0.15, 0.2) is 65.9 Å². The second-order valence-electron chi connectivity index (χ2n) is 6.31. The molecule has 1 aliphatic rings. The first-order valence-electron chi connectivity index (χ1n) is 8.23. The number of anilines is 1. The summed E-state index contributed by atoms with van der Waals surface area (Å²) in [6, 6.07) is 15.3. The fourth-order valence-electron chi connectivity index (χ4n) is 3.09. The van der Waals surface area contributed by atoms with Gasteiger partial charge in [0, 0.05) is 25.5 Å². The Morgan fingerprint density at radius 1 is 1.15 bits per heavy atom. The van der Waals surface area contributed by atoms with Crippen LogP contribution in [0.1, 0.15) is 18.5 Å². The highest BCUT2D eigenvalue weighted by molar-refractivity contribution is 7.80. The van der Waals surface area contributed by atoms with Gasteiger partial charge in [0.1, 0.15) is 5.82 Å². The van der Waals surface area contributed by atoms with E-state index in [0.717, 1.165) is 11.4 Å². The highest BCUT2D eigenvalue weighted by Crippen LogP contribution is 2.34. The molecule has 1 atom stereocenters. The van der Waals surface area contributed by atoms with Crippen LogP contribution in [0.5, 0.6) is 0 Å². The molecule has 0 spiro atoms. The van der Waals surface area contributed by atoms with Crippen LogP contribution in [-0.2, 0) is 4.79 Å². The number of carbonyl (C=O) groups is 1. The van der Waals surface area contributed by atoms with Crippen molar-refractivity contribution in [2.24, 2.45) is 0 Å². The van der Waals surface area contributed by atoms with Crippen LogP contribution in [-0.4, -0.2) is 30.0 Å². The molecule has 0 aromatic heterocycles. The van der Waals surface area contributed by atoms with E-state index in [0.29, 0.717) is 16.2 Å². The number of carbonyl (C=O) groups excluding carboxylic acids is 1. The minimum atomic E-state index is -0.506. The summed E-state index contributed by atoms with van der Waals surface area (Å²) in [7, 11) is 3.40. The van der Waals surface area contributed by atoms with Crippen molar-refractivity contribution in [1.29, 1.82) is 0 Å². The molecule has 1 N–H and O–H groups in total. The van der Waals surface area contributed by atoms with Gasteiger partial charge < -0.3 is 10.2 Å². The van der Waals surface area contributed by atoms with Gasteiger partial charge in [0.05, 0.1) is 11.6 Å². The topological polar surface area (TPSA) is 35.6 Å². The van der Waals surface area contributed by atoms with Crippen molar-refractivity contribution in [3.63, 3.8) is 0 Å². The van der Waals surface area contributed by atoms with Gasteiger partial charge in [0.2, 0.25) is 0 Å². The summed E-state index contributed by atoms with van der Waals surface area (Å²) >= 11 is 5.56. The second-order valence-corrected chi connectivity index (χ2v) is 6.69. The van der Waals surface area contributed by atoms with Crippen LogP contribution in [0.3, 0.4) is 0 Å². The first kappa shape index (κ1) is 18.1. The van der Waals surface area contributed by atoms with E-state index in [9.17, 15) is 9.18 Å². The Morgan fingerprint density at radius 3 is 2.46 bits per heavy atom. The predicted octanol–water partition coefficient (Wildman–Crippen LogP) is 3.62.